The van der Waals surface area contributed by atoms with E-state index in [0.717, 1.165) is 0 Å². The van der Waals surface area contributed by atoms with Crippen molar-refractivity contribution >= 4 is 23.1 Å². The van der Waals surface area contributed by atoms with E-state index in [4.69, 9.17) is 16.3 Å². The van der Waals surface area contributed by atoms with E-state index in [-0.39, 0.29) is 23.8 Å². The third-order valence-electron chi connectivity index (χ3n) is 5.14. The molecule has 6 nitrogen and oxygen atoms in total. The predicted octanol–water partition coefficient (Wildman–Crippen LogP) is 4.04. The molecule has 0 fully saturated rings. The highest BCUT2D eigenvalue weighted by atomic mass is 35.5. The maximum Gasteiger partial charge on any atom is 0.341 e. The molecule has 0 aliphatic carbocycles. The van der Waals surface area contributed by atoms with Gasteiger partial charge in [-0.25, -0.2) is 9.18 Å². The molecule has 31 heavy (non-hydrogen) atoms. The number of aliphatic hydroxyl groups excluding tert-OH is 1. The van der Waals surface area contributed by atoms with Crippen molar-refractivity contribution in [3.05, 3.63) is 92.1 Å². The lowest BCUT2D eigenvalue weighted by atomic mass is 9.91. The van der Waals surface area contributed by atoms with E-state index in [1.807, 2.05) is 0 Å². The molecule has 0 saturated carbocycles. The van der Waals surface area contributed by atoms with Crippen LogP contribution in [0.1, 0.15) is 39.9 Å². The molecule has 0 spiro atoms. The van der Waals surface area contributed by atoms with Crippen LogP contribution in [0.15, 0.2) is 53.5 Å². The van der Waals surface area contributed by atoms with Crippen molar-refractivity contribution in [3.63, 3.8) is 0 Å². The van der Waals surface area contributed by atoms with Crippen molar-refractivity contribution in [2.75, 3.05) is 13.7 Å². The van der Waals surface area contributed by atoms with Gasteiger partial charge in [-0.05, 0) is 41.8 Å². The zero-order chi connectivity index (χ0) is 22.9. The van der Waals surface area contributed by atoms with Gasteiger partial charge in [-0.2, -0.15) is 0 Å². The zero-order valence-electron chi connectivity index (χ0n) is 17.0. The molecule has 2 N–H and O–H groups in total. The monoisotopic (exact) mass is 445 g/mol. The van der Waals surface area contributed by atoms with Crippen LogP contribution in [0.4, 0.5) is 4.39 Å². The number of aromatic nitrogens is 1. The number of hydrogen-bond acceptors (Lipinski definition) is 4. The van der Waals surface area contributed by atoms with Gasteiger partial charge in [0, 0.05) is 18.5 Å². The average molecular weight is 446 g/mol. The second-order valence-corrected chi connectivity index (χ2v) is 7.64. The fraction of sp³-hybridized carbons (Fsp3) is 0.217. The summed E-state index contributed by atoms with van der Waals surface area (Å²) < 4.78 is 21.1. The number of nitrogens with zero attached hydrogens (tertiary/aromatic N) is 1. The summed E-state index contributed by atoms with van der Waals surface area (Å²) in [5, 5.41) is 19.4. The summed E-state index contributed by atoms with van der Waals surface area (Å²) in [4.78, 5) is 24.7. The summed E-state index contributed by atoms with van der Waals surface area (Å²) in [5.74, 6) is -2.30. The third kappa shape index (κ3) is 4.19. The van der Waals surface area contributed by atoms with Gasteiger partial charge >= 0.3 is 5.97 Å². The molecule has 0 bridgehead atoms. The van der Waals surface area contributed by atoms with Crippen LogP contribution in [-0.4, -0.2) is 34.3 Å². The van der Waals surface area contributed by atoms with Crippen molar-refractivity contribution in [1.82, 2.24) is 4.40 Å². The largest absolute Gasteiger partial charge is 0.495 e. The molecule has 0 aliphatic rings. The topological polar surface area (TPSA) is 88.2 Å². The van der Waals surface area contributed by atoms with Crippen LogP contribution in [0.3, 0.4) is 0 Å². The van der Waals surface area contributed by atoms with E-state index in [0.29, 0.717) is 27.8 Å². The van der Waals surface area contributed by atoms with E-state index < -0.39 is 28.8 Å². The van der Waals surface area contributed by atoms with Gasteiger partial charge < -0.3 is 14.9 Å². The zero-order valence-corrected chi connectivity index (χ0v) is 17.7. The molecule has 3 aromatic rings. The number of carbonyl (C=O) groups is 1. The van der Waals surface area contributed by atoms with Crippen molar-refractivity contribution in [3.8, 4) is 5.75 Å². The minimum atomic E-state index is -1.40. The number of carboxylic acid groups (broad SMARTS) is 1. The molecule has 3 rings (SSSR count). The van der Waals surface area contributed by atoms with Crippen molar-refractivity contribution < 1.29 is 24.1 Å². The number of hydrogen-bond donors (Lipinski definition) is 2. The number of ether oxygens (including phenoxy) is 1. The first-order valence-corrected chi connectivity index (χ1v) is 9.76. The standard InChI is InChI=1S/C23H21ClFNO5/c1-12(2)17(11-27)15-9-16(23(29)30)22(28)26-10-13(8-19(31-3)21(15)26)7-14-5-4-6-18(24)20(14)25/h4-6,8-10,17,27H,1,7,11H2,2-3H3,(H,29,30)/t17-/m1/s1. The molecule has 0 amide bonds. The van der Waals surface area contributed by atoms with Crippen molar-refractivity contribution in [2.24, 2.45) is 0 Å². The number of aliphatic hydroxyl groups is 1. The lowest BCUT2D eigenvalue weighted by Crippen LogP contribution is -2.25. The van der Waals surface area contributed by atoms with Crippen molar-refractivity contribution in [1.29, 1.82) is 0 Å². The molecule has 2 aromatic heterocycles. The van der Waals surface area contributed by atoms with E-state index in [2.05, 4.69) is 6.58 Å². The summed E-state index contributed by atoms with van der Waals surface area (Å²) in [5.41, 5.74) is 0.895. The lowest BCUT2D eigenvalue weighted by molar-refractivity contribution is 0.0694. The van der Waals surface area contributed by atoms with E-state index in [1.165, 1.54) is 29.8 Å². The Bertz CT molecular complexity index is 1250. The lowest BCUT2D eigenvalue weighted by Gasteiger charge is -2.20. The van der Waals surface area contributed by atoms with E-state index in [9.17, 15) is 24.2 Å². The first kappa shape index (κ1) is 22.5. The second-order valence-electron chi connectivity index (χ2n) is 7.23. The Kier molecular flexibility index (Phi) is 6.48. The predicted molar refractivity (Wildman–Crippen MR) is 116 cm³/mol. The first-order valence-electron chi connectivity index (χ1n) is 9.38. The highest BCUT2D eigenvalue weighted by Crippen LogP contribution is 2.33. The van der Waals surface area contributed by atoms with Gasteiger partial charge in [0.25, 0.3) is 5.56 Å². The number of methoxy groups -OCH3 is 1. The number of fused-ring (bicyclic) bond motifs is 1. The Morgan fingerprint density at radius 3 is 2.65 bits per heavy atom. The number of benzene rings is 1. The Morgan fingerprint density at radius 2 is 2.06 bits per heavy atom. The van der Waals surface area contributed by atoms with Gasteiger partial charge in [-0.3, -0.25) is 9.20 Å². The molecule has 0 aliphatic heterocycles. The van der Waals surface area contributed by atoms with Crippen LogP contribution < -0.4 is 10.3 Å². The quantitative estimate of drug-likeness (QED) is 0.536. The first-order chi connectivity index (χ1) is 14.7. The van der Waals surface area contributed by atoms with Crippen LogP contribution in [-0.2, 0) is 6.42 Å². The Hall–Kier alpha value is -3.16. The van der Waals surface area contributed by atoms with Gasteiger partial charge in [0.15, 0.2) is 0 Å². The number of pyridine rings is 2. The minimum Gasteiger partial charge on any atom is -0.495 e. The highest BCUT2D eigenvalue weighted by molar-refractivity contribution is 6.30. The molecule has 2 heterocycles. The summed E-state index contributed by atoms with van der Waals surface area (Å²) >= 11 is 5.86. The molecule has 0 radical (unpaired) electrons. The van der Waals surface area contributed by atoms with Crippen molar-refractivity contribution in [2.45, 2.75) is 19.3 Å². The minimum absolute atomic E-state index is 0.0230. The smallest absolute Gasteiger partial charge is 0.341 e. The van der Waals surface area contributed by atoms with Gasteiger partial charge in [0.1, 0.15) is 17.1 Å². The molecule has 8 heteroatoms. The molecule has 162 valence electrons. The molecule has 0 saturated heterocycles. The van der Waals surface area contributed by atoms with Gasteiger partial charge in [0.05, 0.1) is 24.3 Å². The third-order valence-corrected chi connectivity index (χ3v) is 5.43. The van der Waals surface area contributed by atoms with Crippen LogP contribution in [0.25, 0.3) is 5.52 Å². The van der Waals surface area contributed by atoms with Crippen LogP contribution >= 0.6 is 11.6 Å². The van der Waals surface area contributed by atoms with Gasteiger partial charge in [0.2, 0.25) is 0 Å². The maximum absolute atomic E-state index is 14.4. The van der Waals surface area contributed by atoms with Crippen LogP contribution in [0.5, 0.6) is 5.75 Å². The Balaban J connectivity index is 2.35. The summed E-state index contributed by atoms with van der Waals surface area (Å²) in [6.45, 7) is 5.23. The molecule has 0 unspecified atom stereocenters. The molecular formula is C23H21ClFNO5. The molecular weight excluding hydrogens is 425 g/mol. The Labute approximate surface area is 182 Å². The van der Waals surface area contributed by atoms with E-state index >= 15 is 0 Å². The fourth-order valence-electron chi connectivity index (χ4n) is 3.58. The second kappa shape index (κ2) is 8.91. The normalized spacial score (nSPS) is 12.0. The molecule has 1 aromatic carbocycles. The average Bonchev–Trinajstić information content (AvgIpc) is 2.72. The van der Waals surface area contributed by atoms with Crippen LogP contribution in [0, 0.1) is 5.82 Å². The Morgan fingerprint density at radius 1 is 1.35 bits per heavy atom. The summed E-state index contributed by atoms with van der Waals surface area (Å²) in [6, 6.07) is 7.51. The fourth-order valence-corrected chi connectivity index (χ4v) is 3.77. The maximum atomic E-state index is 14.4. The number of carboxylic acids is 1. The van der Waals surface area contributed by atoms with Gasteiger partial charge in [-0.1, -0.05) is 35.9 Å². The van der Waals surface area contributed by atoms with Gasteiger partial charge in [-0.15, -0.1) is 0 Å². The number of aromatic carboxylic acids is 1. The number of halogens is 2. The van der Waals surface area contributed by atoms with E-state index in [1.54, 1.807) is 25.1 Å². The summed E-state index contributed by atoms with van der Waals surface area (Å²) in [6.07, 6.45) is 1.55. The highest BCUT2D eigenvalue weighted by Gasteiger charge is 2.24. The van der Waals surface area contributed by atoms with Crippen LogP contribution in [0.2, 0.25) is 5.02 Å². The number of rotatable bonds is 7. The SMILES string of the molecule is C=C(C)[C@@H](CO)c1cc(C(=O)O)c(=O)n2cc(Cc3cccc(Cl)c3F)cc(OC)c12. The molecule has 1 atom stereocenters. The summed E-state index contributed by atoms with van der Waals surface area (Å²) in [7, 11) is 1.41.